The van der Waals surface area contributed by atoms with E-state index in [2.05, 4.69) is 34.5 Å². The van der Waals surface area contributed by atoms with E-state index in [1.165, 1.54) is 19.3 Å². The SMILES string of the molecule is CC(C)C1CCCC(Nc2ccc3nnc(C(F)F)n3n2)CC1. The normalized spacial score (nSPS) is 22.7. The molecule has 1 fully saturated rings. The molecule has 0 saturated heterocycles. The Balaban J connectivity index is 1.72. The molecule has 7 heteroatoms. The molecular weight excluding hydrogens is 300 g/mol. The minimum absolute atomic E-state index is 0.339. The maximum absolute atomic E-state index is 12.9. The van der Waals surface area contributed by atoms with Crippen molar-refractivity contribution in [2.75, 3.05) is 5.32 Å². The smallest absolute Gasteiger partial charge is 0.299 e. The first-order valence-electron chi connectivity index (χ1n) is 8.31. The summed E-state index contributed by atoms with van der Waals surface area (Å²) in [5, 5.41) is 14.8. The van der Waals surface area contributed by atoms with Crippen molar-refractivity contribution in [3.05, 3.63) is 18.0 Å². The monoisotopic (exact) mass is 323 g/mol. The van der Waals surface area contributed by atoms with Gasteiger partial charge in [0.1, 0.15) is 5.82 Å². The van der Waals surface area contributed by atoms with Gasteiger partial charge in [-0.2, -0.15) is 4.52 Å². The van der Waals surface area contributed by atoms with Gasteiger partial charge in [-0.15, -0.1) is 15.3 Å². The van der Waals surface area contributed by atoms with E-state index in [0.29, 0.717) is 23.4 Å². The minimum atomic E-state index is -2.68. The maximum atomic E-state index is 12.9. The molecule has 0 aromatic carbocycles. The largest absolute Gasteiger partial charge is 0.366 e. The minimum Gasteiger partial charge on any atom is -0.366 e. The zero-order valence-electron chi connectivity index (χ0n) is 13.5. The summed E-state index contributed by atoms with van der Waals surface area (Å²) < 4.78 is 26.9. The third kappa shape index (κ3) is 3.59. The molecule has 5 nitrogen and oxygen atoms in total. The molecule has 126 valence electrons. The third-order valence-corrected chi connectivity index (χ3v) is 4.79. The number of aromatic nitrogens is 4. The highest BCUT2D eigenvalue weighted by molar-refractivity contribution is 5.44. The highest BCUT2D eigenvalue weighted by atomic mass is 19.3. The highest BCUT2D eigenvalue weighted by Crippen LogP contribution is 2.30. The Morgan fingerprint density at radius 1 is 1.13 bits per heavy atom. The Bertz CT molecular complexity index is 655. The average Bonchev–Trinajstić information content (AvgIpc) is 2.78. The second-order valence-corrected chi connectivity index (χ2v) is 6.70. The molecule has 2 atom stereocenters. The van der Waals surface area contributed by atoms with E-state index in [1.807, 2.05) is 0 Å². The molecule has 2 aromatic rings. The first-order valence-corrected chi connectivity index (χ1v) is 8.31. The first kappa shape index (κ1) is 16.1. The van der Waals surface area contributed by atoms with E-state index in [9.17, 15) is 8.78 Å². The topological polar surface area (TPSA) is 55.1 Å². The zero-order chi connectivity index (χ0) is 16.4. The van der Waals surface area contributed by atoms with Crippen LogP contribution in [-0.2, 0) is 0 Å². The molecule has 1 aliphatic rings. The van der Waals surface area contributed by atoms with Gasteiger partial charge in [0.15, 0.2) is 5.65 Å². The molecule has 0 amide bonds. The number of anilines is 1. The van der Waals surface area contributed by atoms with Gasteiger partial charge in [0.05, 0.1) is 0 Å². The van der Waals surface area contributed by atoms with Crippen molar-refractivity contribution >= 4 is 11.5 Å². The number of halogens is 2. The van der Waals surface area contributed by atoms with Crippen LogP contribution in [0.15, 0.2) is 12.1 Å². The Labute approximate surface area is 134 Å². The maximum Gasteiger partial charge on any atom is 0.299 e. The summed E-state index contributed by atoms with van der Waals surface area (Å²) in [7, 11) is 0. The van der Waals surface area contributed by atoms with Gasteiger partial charge in [-0.05, 0) is 43.2 Å². The molecule has 0 radical (unpaired) electrons. The number of nitrogens with one attached hydrogen (secondary N) is 1. The molecule has 2 aromatic heterocycles. The lowest BCUT2D eigenvalue weighted by Gasteiger charge is -2.19. The third-order valence-electron chi connectivity index (χ3n) is 4.79. The van der Waals surface area contributed by atoms with Gasteiger partial charge in [-0.3, -0.25) is 0 Å². The van der Waals surface area contributed by atoms with E-state index in [1.54, 1.807) is 12.1 Å². The first-order chi connectivity index (χ1) is 11.0. The summed E-state index contributed by atoms with van der Waals surface area (Å²) in [6.07, 6.45) is 3.16. The number of hydrogen-bond donors (Lipinski definition) is 1. The van der Waals surface area contributed by atoms with Crippen LogP contribution in [0.4, 0.5) is 14.6 Å². The lowest BCUT2D eigenvalue weighted by Crippen LogP contribution is -2.20. The van der Waals surface area contributed by atoms with Gasteiger partial charge in [-0.1, -0.05) is 26.7 Å². The van der Waals surface area contributed by atoms with E-state index >= 15 is 0 Å². The lowest BCUT2D eigenvalue weighted by molar-refractivity contribution is 0.137. The Hall–Kier alpha value is -1.79. The number of rotatable bonds is 4. The van der Waals surface area contributed by atoms with Gasteiger partial charge in [-0.25, -0.2) is 8.78 Å². The van der Waals surface area contributed by atoms with Gasteiger partial charge in [0, 0.05) is 6.04 Å². The van der Waals surface area contributed by atoms with Crippen molar-refractivity contribution in [3.8, 4) is 0 Å². The molecule has 2 unspecified atom stereocenters. The predicted octanol–water partition coefficient (Wildman–Crippen LogP) is 4.08. The summed E-state index contributed by atoms with van der Waals surface area (Å²) >= 11 is 0. The summed E-state index contributed by atoms with van der Waals surface area (Å²) in [6, 6.07) is 3.79. The van der Waals surface area contributed by atoms with Crippen LogP contribution >= 0.6 is 0 Å². The predicted molar refractivity (Wildman–Crippen MR) is 84.6 cm³/mol. The van der Waals surface area contributed by atoms with Gasteiger partial charge < -0.3 is 5.32 Å². The molecule has 0 bridgehead atoms. The van der Waals surface area contributed by atoms with E-state index < -0.39 is 12.2 Å². The van der Waals surface area contributed by atoms with Crippen LogP contribution in [0.2, 0.25) is 0 Å². The van der Waals surface area contributed by atoms with Crippen LogP contribution in [-0.4, -0.2) is 25.9 Å². The summed E-state index contributed by atoms with van der Waals surface area (Å²) in [6.45, 7) is 4.57. The summed E-state index contributed by atoms with van der Waals surface area (Å²) in [5.74, 6) is 1.69. The van der Waals surface area contributed by atoms with Crippen molar-refractivity contribution in [3.63, 3.8) is 0 Å². The second-order valence-electron chi connectivity index (χ2n) is 6.70. The summed E-state index contributed by atoms with van der Waals surface area (Å²) in [4.78, 5) is 0. The van der Waals surface area contributed by atoms with Crippen molar-refractivity contribution in [1.29, 1.82) is 0 Å². The Morgan fingerprint density at radius 2 is 1.96 bits per heavy atom. The molecule has 1 aliphatic carbocycles. The molecule has 1 saturated carbocycles. The fraction of sp³-hybridized carbons (Fsp3) is 0.688. The molecule has 1 N–H and O–H groups in total. The quantitative estimate of drug-likeness (QED) is 0.862. The van der Waals surface area contributed by atoms with Gasteiger partial charge >= 0.3 is 0 Å². The Kier molecular flexibility index (Phi) is 4.73. The number of fused-ring (bicyclic) bond motifs is 1. The van der Waals surface area contributed by atoms with Crippen LogP contribution < -0.4 is 5.32 Å². The standard InChI is InChI=1S/C16H23F2N5/c1-10(2)11-4-3-5-12(7-6-11)19-13-8-9-14-20-21-16(15(17)18)23(14)22-13/h8-12,15H,3-7H2,1-2H3,(H,19,22). The van der Waals surface area contributed by atoms with Crippen molar-refractivity contribution in [2.24, 2.45) is 11.8 Å². The van der Waals surface area contributed by atoms with Crippen LogP contribution in [0, 0.1) is 11.8 Å². The molecule has 0 spiro atoms. The van der Waals surface area contributed by atoms with Crippen LogP contribution in [0.1, 0.15) is 58.2 Å². The highest BCUT2D eigenvalue weighted by Gasteiger charge is 2.22. The van der Waals surface area contributed by atoms with Crippen molar-refractivity contribution in [2.45, 2.75) is 58.4 Å². The second kappa shape index (κ2) is 6.76. The van der Waals surface area contributed by atoms with Crippen molar-refractivity contribution in [1.82, 2.24) is 19.8 Å². The number of nitrogens with zero attached hydrogens (tertiary/aromatic N) is 4. The molecule has 3 rings (SSSR count). The van der Waals surface area contributed by atoms with Crippen molar-refractivity contribution < 1.29 is 8.78 Å². The fourth-order valence-corrected chi connectivity index (χ4v) is 3.37. The van der Waals surface area contributed by atoms with Gasteiger partial charge in [0.25, 0.3) is 6.43 Å². The van der Waals surface area contributed by atoms with E-state index in [-0.39, 0.29) is 0 Å². The van der Waals surface area contributed by atoms with Crippen LogP contribution in [0.5, 0.6) is 0 Å². The zero-order valence-corrected chi connectivity index (χ0v) is 13.5. The fourth-order valence-electron chi connectivity index (χ4n) is 3.37. The molecule has 23 heavy (non-hydrogen) atoms. The number of alkyl halides is 2. The molecule has 2 heterocycles. The lowest BCUT2D eigenvalue weighted by atomic mass is 9.89. The average molecular weight is 323 g/mol. The van der Waals surface area contributed by atoms with E-state index in [0.717, 1.165) is 23.3 Å². The summed E-state index contributed by atoms with van der Waals surface area (Å²) in [5.41, 5.74) is 0.339. The number of hydrogen-bond acceptors (Lipinski definition) is 4. The van der Waals surface area contributed by atoms with Gasteiger partial charge in [0.2, 0.25) is 5.82 Å². The molecule has 0 aliphatic heterocycles. The van der Waals surface area contributed by atoms with Crippen LogP contribution in [0.25, 0.3) is 5.65 Å². The van der Waals surface area contributed by atoms with Crippen LogP contribution in [0.3, 0.4) is 0 Å². The Morgan fingerprint density at radius 3 is 2.70 bits per heavy atom. The van der Waals surface area contributed by atoms with E-state index in [4.69, 9.17) is 0 Å². The molecular formula is C16H23F2N5.